The molecular formula is C23H26N4O2S. The first-order valence-electron chi connectivity index (χ1n) is 10.1. The molecule has 6 nitrogen and oxygen atoms in total. The van der Waals surface area contributed by atoms with E-state index >= 15 is 0 Å². The highest BCUT2D eigenvalue weighted by atomic mass is 32.1. The molecule has 156 valence electrons. The van der Waals surface area contributed by atoms with E-state index in [1.54, 1.807) is 13.3 Å². The molecule has 1 aliphatic heterocycles. The fraction of sp³-hybridized carbons (Fsp3) is 0.304. The van der Waals surface area contributed by atoms with Gasteiger partial charge in [-0.2, -0.15) is 0 Å². The van der Waals surface area contributed by atoms with Crippen molar-refractivity contribution in [1.82, 2.24) is 15.2 Å². The molecule has 3 heterocycles. The van der Waals surface area contributed by atoms with Gasteiger partial charge in [0.2, 0.25) is 0 Å². The maximum atomic E-state index is 12.5. The minimum atomic E-state index is -0.0217. The van der Waals surface area contributed by atoms with Crippen LogP contribution >= 0.6 is 11.3 Å². The molecule has 7 heteroatoms. The van der Waals surface area contributed by atoms with Crippen LogP contribution in [0.25, 0.3) is 0 Å². The number of hydrogen-bond donors (Lipinski definition) is 1. The Kier molecular flexibility index (Phi) is 6.61. The Morgan fingerprint density at radius 2 is 1.97 bits per heavy atom. The molecule has 4 rings (SSSR count). The van der Waals surface area contributed by atoms with Gasteiger partial charge in [0, 0.05) is 45.1 Å². The zero-order valence-corrected chi connectivity index (χ0v) is 17.8. The summed E-state index contributed by atoms with van der Waals surface area (Å²) in [6.07, 6.45) is 3.68. The number of hydrogen-bond acceptors (Lipinski definition) is 6. The van der Waals surface area contributed by atoms with Crippen molar-refractivity contribution < 1.29 is 9.53 Å². The number of nitrogens with one attached hydrogen (secondary N) is 1. The summed E-state index contributed by atoms with van der Waals surface area (Å²) in [4.78, 5) is 22.3. The topological polar surface area (TPSA) is 57.7 Å². The summed E-state index contributed by atoms with van der Waals surface area (Å²) >= 11 is 1.46. The molecule has 0 radical (unpaired) electrons. The number of rotatable bonds is 7. The lowest BCUT2D eigenvalue weighted by Crippen LogP contribution is -2.50. The molecule has 2 aromatic heterocycles. The number of aromatic nitrogens is 1. The van der Waals surface area contributed by atoms with Crippen LogP contribution in [-0.2, 0) is 0 Å². The molecule has 3 aromatic rings. The van der Waals surface area contributed by atoms with E-state index in [0.717, 1.165) is 48.1 Å². The second-order valence-electron chi connectivity index (χ2n) is 7.18. The van der Waals surface area contributed by atoms with Crippen LogP contribution < -0.4 is 15.0 Å². The molecule has 0 bridgehead atoms. The van der Waals surface area contributed by atoms with Crippen LogP contribution in [0.5, 0.6) is 5.75 Å². The molecule has 0 aliphatic carbocycles. The van der Waals surface area contributed by atoms with Crippen molar-refractivity contribution in [1.29, 1.82) is 0 Å². The molecule has 1 aromatic carbocycles. The molecule has 1 aliphatic rings. The minimum absolute atomic E-state index is 0.0217. The first-order valence-corrected chi connectivity index (χ1v) is 11.0. The molecular weight excluding hydrogens is 396 g/mol. The molecule has 30 heavy (non-hydrogen) atoms. The van der Waals surface area contributed by atoms with Gasteiger partial charge in [0.25, 0.3) is 5.91 Å². The van der Waals surface area contributed by atoms with Crippen molar-refractivity contribution in [2.75, 3.05) is 44.7 Å². The Balaban J connectivity index is 1.45. The quantitative estimate of drug-likeness (QED) is 0.632. The molecule has 1 N–H and O–H groups in total. The van der Waals surface area contributed by atoms with Gasteiger partial charge in [0.1, 0.15) is 5.75 Å². The van der Waals surface area contributed by atoms with Gasteiger partial charge in [-0.3, -0.25) is 14.7 Å². The highest BCUT2D eigenvalue weighted by molar-refractivity contribution is 7.12. The first kappa shape index (κ1) is 20.4. The van der Waals surface area contributed by atoms with Crippen LogP contribution in [0.15, 0.2) is 66.3 Å². The van der Waals surface area contributed by atoms with Crippen molar-refractivity contribution >= 4 is 22.9 Å². The molecule has 1 amide bonds. The Labute approximate surface area is 181 Å². The zero-order chi connectivity index (χ0) is 20.8. The molecule has 0 saturated carbocycles. The van der Waals surface area contributed by atoms with Crippen molar-refractivity contribution in [2.24, 2.45) is 0 Å². The summed E-state index contributed by atoms with van der Waals surface area (Å²) in [5, 5.41) is 5.03. The summed E-state index contributed by atoms with van der Waals surface area (Å²) in [5.74, 6) is 0.879. The number of carbonyl (C=O) groups is 1. The van der Waals surface area contributed by atoms with Gasteiger partial charge < -0.3 is 15.0 Å². The van der Waals surface area contributed by atoms with Gasteiger partial charge in [0.15, 0.2) is 0 Å². The number of carbonyl (C=O) groups excluding carboxylic acids is 1. The monoisotopic (exact) mass is 422 g/mol. The number of thiophene rings is 1. The Hall–Kier alpha value is -2.90. The fourth-order valence-corrected chi connectivity index (χ4v) is 4.52. The van der Waals surface area contributed by atoms with Gasteiger partial charge >= 0.3 is 0 Å². The lowest BCUT2D eigenvalue weighted by molar-refractivity contribution is 0.0934. The van der Waals surface area contributed by atoms with Crippen molar-refractivity contribution in [2.45, 2.75) is 6.04 Å². The largest absolute Gasteiger partial charge is 0.495 e. The molecule has 1 fully saturated rings. The third kappa shape index (κ3) is 4.63. The first-order chi connectivity index (χ1) is 14.8. The van der Waals surface area contributed by atoms with Gasteiger partial charge in [-0.05, 0) is 35.2 Å². The summed E-state index contributed by atoms with van der Waals surface area (Å²) < 4.78 is 5.53. The van der Waals surface area contributed by atoms with Crippen LogP contribution in [0.4, 0.5) is 5.69 Å². The zero-order valence-electron chi connectivity index (χ0n) is 17.0. The highest BCUT2D eigenvalue weighted by Crippen LogP contribution is 2.30. The predicted octanol–water partition coefficient (Wildman–Crippen LogP) is 3.45. The van der Waals surface area contributed by atoms with E-state index in [0.29, 0.717) is 6.54 Å². The third-order valence-electron chi connectivity index (χ3n) is 5.45. The van der Waals surface area contributed by atoms with Crippen LogP contribution in [0.1, 0.15) is 21.3 Å². The van der Waals surface area contributed by atoms with Gasteiger partial charge in [-0.1, -0.05) is 24.3 Å². The SMILES string of the molecule is COc1ccccc1N1CCN([C@@H](CNC(=O)c2cccs2)c2cccnc2)CC1. The van der Waals surface area contributed by atoms with E-state index in [2.05, 4.69) is 32.2 Å². The maximum absolute atomic E-state index is 12.5. The summed E-state index contributed by atoms with van der Waals surface area (Å²) in [5.41, 5.74) is 2.25. The second kappa shape index (κ2) is 9.73. The maximum Gasteiger partial charge on any atom is 0.261 e. The summed E-state index contributed by atoms with van der Waals surface area (Å²) in [6, 6.07) is 16.0. The van der Waals surface area contributed by atoms with Crippen molar-refractivity contribution in [3.05, 3.63) is 76.7 Å². The number of ether oxygens (including phenoxy) is 1. The molecule has 1 saturated heterocycles. The summed E-state index contributed by atoms with van der Waals surface area (Å²) in [6.45, 7) is 4.14. The van der Waals surface area contributed by atoms with Crippen molar-refractivity contribution in [3.63, 3.8) is 0 Å². The van der Waals surface area contributed by atoms with E-state index in [1.165, 1.54) is 11.3 Å². The number of pyridine rings is 1. The number of anilines is 1. The molecule has 0 spiro atoms. The van der Waals surface area contributed by atoms with Gasteiger partial charge in [-0.15, -0.1) is 11.3 Å². The summed E-state index contributed by atoms with van der Waals surface area (Å²) in [7, 11) is 1.71. The van der Waals surface area contributed by atoms with E-state index < -0.39 is 0 Å². The predicted molar refractivity (Wildman–Crippen MR) is 120 cm³/mol. The van der Waals surface area contributed by atoms with E-state index in [4.69, 9.17) is 4.74 Å². The average molecular weight is 423 g/mol. The van der Waals surface area contributed by atoms with Gasteiger partial charge in [0.05, 0.1) is 23.7 Å². The van der Waals surface area contributed by atoms with Crippen LogP contribution in [0.3, 0.4) is 0 Å². The second-order valence-corrected chi connectivity index (χ2v) is 8.13. The standard InChI is InChI=1S/C23H26N4O2S/c1-29-21-8-3-2-7-19(21)26-11-13-27(14-12-26)20(18-6-4-10-24-16-18)17-25-23(28)22-9-5-15-30-22/h2-10,15-16,20H,11-14,17H2,1H3,(H,25,28)/t20-/m0/s1. The number of benzene rings is 1. The smallest absolute Gasteiger partial charge is 0.261 e. The number of amides is 1. The van der Waals surface area contributed by atoms with Crippen molar-refractivity contribution in [3.8, 4) is 5.75 Å². The van der Waals surface area contributed by atoms with E-state index in [1.807, 2.05) is 48.0 Å². The molecule has 0 unspecified atom stereocenters. The lowest BCUT2D eigenvalue weighted by Gasteiger charge is -2.40. The number of nitrogens with zero attached hydrogens (tertiary/aromatic N) is 3. The number of piperazine rings is 1. The highest BCUT2D eigenvalue weighted by Gasteiger charge is 2.27. The Morgan fingerprint density at radius 3 is 2.67 bits per heavy atom. The minimum Gasteiger partial charge on any atom is -0.495 e. The van der Waals surface area contributed by atoms with Gasteiger partial charge in [-0.25, -0.2) is 0 Å². The number of methoxy groups -OCH3 is 1. The Bertz CT molecular complexity index is 941. The number of para-hydroxylation sites is 2. The van der Waals surface area contributed by atoms with E-state index in [-0.39, 0.29) is 11.9 Å². The van der Waals surface area contributed by atoms with Crippen LogP contribution in [0.2, 0.25) is 0 Å². The third-order valence-corrected chi connectivity index (χ3v) is 6.32. The average Bonchev–Trinajstić information content (AvgIpc) is 3.35. The molecule has 1 atom stereocenters. The van der Waals surface area contributed by atoms with Crippen LogP contribution in [-0.4, -0.2) is 55.6 Å². The fourth-order valence-electron chi connectivity index (χ4n) is 3.88. The normalized spacial score (nSPS) is 15.6. The van der Waals surface area contributed by atoms with E-state index in [9.17, 15) is 4.79 Å². The van der Waals surface area contributed by atoms with Crippen LogP contribution in [0, 0.1) is 0 Å². The lowest BCUT2D eigenvalue weighted by atomic mass is 10.1. The Morgan fingerprint density at radius 1 is 1.13 bits per heavy atom.